The van der Waals surface area contributed by atoms with E-state index in [1.807, 2.05) is 13.8 Å². The van der Waals surface area contributed by atoms with Crippen molar-refractivity contribution in [3.05, 3.63) is 0 Å². The average molecular weight is 293 g/mol. The van der Waals surface area contributed by atoms with E-state index >= 15 is 0 Å². The van der Waals surface area contributed by atoms with Crippen LogP contribution < -0.4 is 5.32 Å². The van der Waals surface area contributed by atoms with Gasteiger partial charge in [-0.1, -0.05) is 13.8 Å². The Morgan fingerprint density at radius 2 is 2.28 bits per heavy atom. The molecule has 104 valence electrons. The Labute approximate surface area is 115 Å². The second kappa shape index (κ2) is 7.34. The Bertz CT molecular complexity index is 308. The predicted molar refractivity (Wildman–Crippen MR) is 75.4 cm³/mol. The van der Waals surface area contributed by atoms with Gasteiger partial charge in [0.2, 0.25) is 0 Å². The van der Waals surface area contributed by atoms with Gasteiger partial charge in [0.1, 0.15) is 14.0 Å². The van der Waals surface area contributed by atoms with Crippen molar-refractivity contribution in [3.8, 4) is 0 Å². The summed E-state index contributed by atoms with van der Waals surface area (Å²) in [5.41, 5.74) is -0.0804. The van der Waals surface area contributed by atoms with E-state index in [4.69, 9.17) is 33.7 Å². The molecule has 1 aliphatic rings. The normalized spacial score (nSPS) is 31.7. The minimum Gasteiger partial charge on any atom is -0.380 e. The fourth-order valence-electron chi connectivity index (χ4n) is 1.60. The molecule has 1 aliphatic heterocycles. The third-order valence-corrected chi connectivity index (χ3v) is 6.10. The molecule has 0 spiro atoms. The van der Waals surface area contributed by atoms with Crippen LogP contribution in [-0.2, 0) is 25.8 Å². The first-order valence-corrected chi connectivity index (χ1v) is 8.75. The van der Waals surface area contributed by atoms with Crippen molar-refractivity contribution in [1.29, 1.82) is 0 Å². The third-order valence-electron chi connectivity index (χ3n) is 2.70. The monoisotopic (exact) mass is 293 g/mol. The molecule has 2 unspecified atom stereocenters. The lowest BCUT2D eigenvalue weighted by atomic mass is 9.96. The SMILES string of the molecule is [B][C@H]1CC(OP(O)(=S)C(C)C)[C@@H](COCNC)O1. The summed E-state index contributed by atoms with van der Waals surface area (Å²) in [5, 5.41) is 2.87. The molecule has 1 saturated heterocycles. The summed E-state index contributed by atoms with van der Waals surface area (Å²) in [5.74, 6) is 0. The molecule has 1 heterocycles. The Morgan fingerprint density at radius 1 is 1.61 bits per heavy atom. The Balaban J connectivity index is 2.53. The number of rotatable bonds is 7. The molecule has 5 nitrogen and oxygen atoms in total. The minimum absolute atomic E-state index is 0.0804. The molecule has 0 aromatic heterocycles. The van der Waals surface area contributed by atoms with E-state index in [1.54, 1.807) is 7.05 Å². The molecule has 1 fully saturated rings. The Morgan fingerprint density at radius 3 is 2.83 bits per heavy atom. The average Bonchev–Trinajstić information content (AvgIpc) is 2.58. The topological polar surface area (TPSA) is 60.0 Å². The van der Waals surface area contributed by atoms with E-state index < -0.39 is 6.49 Å². The van der Waals surface area contributed by atoms with Crippen LogP contribution in [-0.4, -0.2) is 57.0 Å². The van der Waals surface area contributed by atoms with Crippen LogP contribution in [0, 0.1) is 0 Å². The second-order valence-electron chi connectivity index (χ2n) is 4.62. The first kappa shape index (κ1) is 16.6. The molecule has 8 heteroatoms. The van der Waals surface area contributed by atoms with Crippen molar-refractivity contribution in [2.24, 2.45) is 0 Å². The zero-order valence-corrected chi connectivity index (χ0v) is 12.7. The smallest absolute Gasteiger partial charge is 0.189 e. The highest BCUT2D eigenvalue weighted by molar-refractivity contribution is 8.09. The van der Waals surface area contributed by atoms with Crippen molar-refractivity contribution in [3.63, 3.8) is 0 Å². The Hall–Kier alpha value is 0.515. The van der Waals surface area contributed by atoms with Crippen LogP contribution in [0.2, 0.25) is 0 Å². The van der Waals surface area contributed by atoms with E-state index in [2.05, 4.69) is 5.32 Å². The van der Waals surface area contributed by atoms with Gasteiger partial charge in [0.05, 0.1) is 19.4 Å². The first-order chi connectivity index (χ1) is 8.36. The third kappa shape index (κ3) is 4.89. The van der Waals surface area contributed by atoms with E-state index in [0.29, 0.717) is 19.8 Å². The van der Waals surface area contributed by atoms with Crippen LogP contribution in [0.25, 0.3) is 0 Å². The van der Waals surface area contributed by atoms with Crippen molar-refractivity contribution in [2.75, 3.05) is 20.4 Å². The molecule has 0 aliphatic carbocycles. The molecule has 0 aromatic rings. The maximum Gasteiger partial charge on any atom is 0.189 e. The van der Waals surface area contributed by atoms with E-state index in [0.717, 1.165) is 0 Å². The lowest BCUT2D eigenvalue weighted by Gasteiger charge is -2.26. The van der Waals surface area contributed by atoms with Crippen molar-refractivity contribution in [1.82, 2.24) is 5.32 Å². The summed E-state index contributed by atoms with van der Waals surface area (Å²) in [6.07, 6.45) is -0.0455. The zero-order valence-electron chi connectivity index (χ0n) is 11.0. The summed E-state index contributed by atoms with van der Waals surface area (Å²) >= 11 is 5.13. The molecule has 18 heavy (non-hydrogen) atoms. The first-order valence-electron chi connectivity index (χ1n) is 6.01. The zero-order chi connectivity index (χ0) is 13.8. The highest BCUT2D eigenvalue weighted by Crippen LogP contribution is 2.50. The summed E-state index contributed by atoms with van der Waals surface area (Å²) in [6, 6.07) is -0.389. The van der Waals surface area contributed by atoms with Crippen molar-refractivity contribution < 1.29 is 18.9 Å². The summed E-state index contributed by atoms with van der Waals surface area (Å²) in [7, 11) is 7.53. The summed E-state index contributed by atoms with van der Waals surface area (Å²) in [4.78, 5) is 10.1. The highest BCUT2D eigenvalue weighted by Gasteiger charge is 2.37. The maximum atomic E-state index is 10.1. The van der Waals surface area contributed by atoms with Crippen LogP contribution in [0.5, 0.6) is 0 Å². The largest absolute Gasteiger partial charge is 0.380 e. The van der Waals surface area contributed by atoms with Gasteiger partial charge in [-0.3, -0.25) is 5.32 Å². The predicted octanol–water partition coefficient (Wildman–Crippen LogP) is 0.559. The van der Waals surface area contributed by atoms with Crippen LogP contribution >= 0.6 is 6.49 Å². The molecular formula is C10H21BNO4PS. The number of nitrogens with one attached hydrogen (secondary N) is 1. The fraction of sp³-hybridized carbons (Fsp3) is 1.00. The van der Waals surface area contributed by atoms with Crippen molar-refractivity contribution >= 4 is 26.1 Å². The molecule has 2 radical (unpaired) electrons. The molecule has 1 rings (SSSR count). The molecule has 0 saturated carbocycles. The Kier molecular flexibility index (Phi) is 6.75. The molecule has 0 amide bonds. The van der Waals surface area contributed by atoms with Gasteiger partial charge in [-0.05, 0) is 25.3 Å². The van der Waals surface area contributed by atoms with Gasteiger partial charge in [0.15, 0.2) is 6.49 Å². The number of hydrogen-bond acceptors (Lipinski definition) is 5. The van der Waals surface area contributed by atoms with Crippen LogP contribution in [0.15, 0.2) is 0 Å². The molecule has 4 atom stereocenters. The molecular weight excluding hydrogens is 272 g/mol. The molecule has 0 aromatic carbocycles. The standard InChI is InChI=1S/C10H21BNO4PS/c1-7(2)17(13,18)16-8-4-10(11)15-9(8)5-14-6-12-3/h7-10,12H,4-6H2,1-3H3,(H,13,18)/t8?,9-,10-,17?/m1/s1. The van der Waals surface area contributed by atoms with Crippen LogP contribution in [0.1, 0.15) is 20.3 Å². The van der Waals surface area contributed by atoms with Crippen LogP contribution in [0.4, 0.5) is 0 Å². The number of ether oxygens (including phenoxy) is 2. The van der Waals surface area contributed by atoms with Gasteiger partial charge in [0, 0.05) is 11.7 Å². The van der Waals surface area contributed by atoms with Crippen LogP contribution in [0.3, 0.4) is 0 Å². The maximum absolute atomic E-state index is 10.1. The van der Waals surface area contributed by atoms with Gasteiger partial charge in [0.25, 0.3) is 0 Å². The second-order valence-corrected chi connectivity index (χ2v) is 8.56. The van der Waals surface area contributed by atoms with Gasteiger partial charge >= 0.3 is 0 Å². The van der Waals surface area contributed by atoms with E-state index in [1.165, 1.54) is 0 Å². The highest BCUT2D eigenvalue weighted by atomic mass is 32.5. The van der Waals surface area contributed by atoms with Gasteiger partial charge in [-0.2, -0.15) is 0 Å². The summed E-state index contributed by atoms with van der Waals surface area (Å²) < 4.78 is 16.5. The quantitative estimate of drug-likeness (QED) is 0.309. The fourth-order valence-corrected chi connectivity index (χ4v) is 2.78. The van der Waals surface area contributed by atoms with Gasteiger partial charge < -0.3 is 18.9 Å². The van der Waals surface area contributed by atoms with E-state index in [-0.39, 0.29) is 23.9 Å². The van der Waals surface area contributed by atoms with E-state index in [9.17, 15) is 4.89 Å². The minimum atomic E-state index is -2.79. The molecule has 2 N–H and O–H groups in total. The lowest BCUT2D eigenvalue weighted by Crippen LogP contribution is -2.30. The summed E-state index contributed by atoms with van der Waals surface area (Å²) in [6.45, 7) is 1.71. The van der Waals surface area contributed by atoms with Crippen molar-refractivity contribution in [2.45, 2.75) is 44.1 Å². The lowest BCUT2D eigenvalue weighted by molar-refractivity contribution is -0.0272. The number of hydrogen-bond donors (Lipinski definition) is 2. The molecule has 0 bridgehead atoms. The van der Waals surface area contributed by atoms with Gasteiger partial charge in [-0.15, -0.1) is 0 Å². The van der Waals surface area contributed by atoms with Gasteiger partial charge in [-0.25, -0.2) is 0 Å².